The summed E-state index contributed by atoms with van der Waals surface area (Å²) in [5, 5.41) is 8.90. The Hall–Kier alpha value is -2.64. The van der Waals surface area contributed by atoms with Gasteiger partial charge in [-0.15, -0.1) is 0 Å². The first-order chi connectivity index (χ1) is 11.6. The maximum atomic E-state index is 13.5. The lowest BCUT2D eigenvalue weighted by molar-refractivity contribution is 0.210. The Morgan fingerprint density at radius 1 is 1.42 bits per heavy atom. The lowest BCUT2D eigenvalue weighted by atomic mass is 10.2. The average Bonchev–Trinajstić information content (AvgIpc) is 3.20. The van der Waals surface area contributed by atoms with Crippen molar-refractivity contribution in [2.24, 2.45) is 0 Å². The van der Waals surface area contributed by atoms with Gasteiger partial charge >= 0.3 is 6.03 Å². The van der Waals surface area contributed by atoms with Crippen LogP contribution in [0.3, 0.4) is 0 Å². The first kappa shape index (κ1) is 16.2. The second-order valence-electron chi connectivity index (χ2n) is 5.71. The van der Waals surface area contributed by atoms with Gasteiger partial charge in [0.15, 0.2) is 5.82 Å². The number of halogens is 1. The second kappa shape index (κ2) is 7.29. The smallest absolute Gasteiger partial charge is 0.319 e. The van der Waals surface area contributed by atoms with Gasteiger partial charge in [-0.05, 0) is 44.7 Å². The third-order valence-electron chi connectivity index (χ3n) is 3.76. The van der Waals surface area contributed by atoms with Crippen LogP contribution in [0, 0.1) is 12.7 Å². The molecule has 0 radical (unpaired) electrons. The van der Waals surface area contributed by atoms with Gasteiger partial charge in [-0.25, -0.2) is 9.18 Å². The maximum absolute atomic E-state index is 13.5. The molecule has 1 heterocycles. The van der Waals surface area contributed by atoms with Gasteiger partial charge in [0.05, 0.1) is 18.3 Å². The molecule has 128 valence electrons. The van der Waals surface area contributed by atoms with Crippen molar-refractivity contribution in [2.45, 2.75) is 45.3 Å². The molecule has 1 aliphatic rings. The number of urea groups is 1. The number of hydrogen-bond donors (Lipinski definition) is 2. The molecule has 3 rings (SSSR count). The summed E-state index contributed by atoms with van der Waals surface area (Å²) in [6.07, 6.45) is 4.16. The molecule has 0 atom stereocenters. The molecule has 1 aromatic heterocycles. The van der Waals surface area contributed by atoms with Gasteiger partial charge in [-0.1, -0.05) is 5.16 Å². The standard InChI is InChI=1S/C16H19FN4O3/c1-10-19-15(24-21-10)9-18-16(22)20-13-7-6-11(17)8-14(13)23-12-4-2-3-5-12/h6-8,12H,2-5,9H2,1H3,(H2,18,20,22). The zero-order valence-electron chi connectivity index (χ0n) is 13.3. The summed E-state index contributed by atoms with van der Waals surface area (Å²) >= 11 is 0. The van der Waals surface area contributed by atoms with E-state index in [9.17, 15) is 9.18 Å². The predicted octanol–water partition coefficient (Wildman–Crippen LogP) is 3.16. The molecule has 0 saturated heterocycles. The van der Waals surface area contributed by atoms with Crippen LogP contribution in [0.4, 0.5) is 14.9 Å². The van der Waals surface area contributed by atoms with Crippen LogP contribution in [-0.2, 0) is 6.54 Å². The minimum Gasteiger partial charge on any atom is -0.488 e. The highest BCUT2D eigenvalue weighted by Gasteiger charge is 2.19. The lowest BCUT2D eigenvalue weighted by Gasteiger charge is -2.17. The van der Waals surface area contributed by atoms with Crippen LogP contribution in [0.2, 0.25) is 0 Å². The van der Waals surface area contributed by atoms with Crippen LogP contribution in [0.5, 0.6) is 5.75 Å². The summed E-state index contributed by atoms with van der Waals surface area (Å²) in [4.78, 5) is 16.0. The molecule has 2 amide bonds. The molecule has 24 heavy (non-hydrogen) atoms. The Labute approximate surface area is 138 Å². The van der Waals surface area contributed by atoms with E-state index in [-0.39, 0.29) is 12.6 Å². The van der Waals surface area contributed by atoms with Crippen molar-refractivity contribution in [3.63, 3.8) is 0 Å². The summed E-state index contributed by atoms with van der Waals surface area (Å²) in [6, 6.07) is 3.58. The molecule has 1 aromatic carbocycles. The van der Waals surface area contributed by atoms with Crippen LogP contribution in [0.25, 0.3) is 0 Å². The average molecular weight is 334 g/mol. The lowest BCUT2D eigenvalue weighted by Crippen LogP contribution is -2.28. The number of nitrogens with zero attached hydrogens (tertiary/aromatic N) is 2. The van der Waals surface area contributed by atoms with Gasteiger partial charge in [0.1, 0.15) is 11.6 Å². The Balaban J connectivity index is 1.61. The van der Waals surface area contributed by atoms with Crippen LogP contribution in [0.1, 0.15) is 37.4 Å². The van der Waals surface area contributed by atoms with Crippen molar-refractivity contribution in [3.8, 4) is 5.75 Å². The number of aryl methyl sites for hydroxylation is 1. The predicted molar refractivity (Wildman–Crippen MR) is 84.2 cm³/mol. The Bertz CT molecular complexity index is 713. The number of anilines is 1. The molecule has 8 heteroatoms. The van der Waals surface area contributed by atoms with Crippen LogP contribution in [0.15, 0.2) is 22.7 Å². The largest absolute Gasteiger partial charge is 0.488 e. The summed E-state index contributed by atoms with van der Waals surface area (Å²) < 4.78 is 24.2. The third-order valence-corrected chi connectivity index (χ3v) is 3.76. The van der Waals surface area contributed by atoms with Gasteiger partial charge in [-0.3, -0.25) is 0 Å². The molecule has 2 aromatic rings. The molecule has 7 nitrogen and oxygen atoms in total. The molecule has 1 fully saturated rings. The van der Waals surface area contributed by atoms with Crippen LogP contribution in [-0.4, -0.2) is 22.3 Å². The summed E-state index contributed by atoms with van der Waals surface area (Å²) in [5.74, 6) is 0.739. The summed E-state index contributed by atoms with van der Waals surface area (Å²) in [6.45, 7) is 1.80. The summed E-state index contributed by atoms with van der Waals surface area (Å²) in [5.41, 5.74) is 0.419. The van der Waals surface area contributed by atoms with Crippen molar-refractivity contribution in [1.29, 1.82) is 0 Å². The Morgan fingerprint density at radius 2 is 2.21 bits per heavy atom. The number of ether oxygens (including phenoxy) is 1. The van der Waals surface area contributed by atoms with E-state index < -0.39 is 11.8 Å². The molecular formula is C16H19FN4O3. The fourth-order valence-corrected chi connectivity index (χ4v) is 2.62. The van der Waals surface area contributed by atoms with Crippen molar-refractivity contribution in [2.75, 3.05) is 5.32 Å². The fraction of sp³-hybridized carbons (Fsp3) is 0.438. The second-order valence-corrected chi connectivity index (χ2v) is 5.71. The van der Waals surface area contributed by atoms with E-state index in [1.165, 1.54) is 18.2 Å². The van der Waals surface area contributed by atoms with E-state index in [2.05, 4.69) is 20.8 Å². The molecule has 0 unspecified atom stereocenters. The highest BCUT2D eigenvalue weighted by Crippen LogP contribution is 2.30. The minimum absolute atomic E-state index is 0.0665. The topological polar surface area (TPSA) is 89.3 Å². The number of rotatable bonds is 5. The van der Waals surface area contributed by atoms with E-state index in [1.807, 2.05) is 0 Å². The van der Waals surface area contributed by atoms with Gasteiger partial charge in [-0.2, -0.15) is 4.98 Å². The highest BCUT2D eigenvalue weighted by molar-refractivity contribution is 5.90. The fourth-order valence-electron chi connectivity index (χ4n) is 2.62. The zero-order valence-corrected chi connectivity index (χ0v) is 13.3. The van der Waals surface area contributed by atoms with E-state index in [1.54, 1.807) is 6.92 Å². The molecule has 2 N–H and O–H groups in total. The molecule has 0 aliphatic heterocycles. The van der Waals surface area contributed by atoms with E-state index >= 15 is 0 Å². The van der Waals surface area contributed by atoms with E-state index in [0.717, 1.165) is 25.7 Å². The van der Waals surface area contributed by atoms with Crippen LogP contribution < -0.4 is 15.4 Å². The van der Waals surface area contributed by atoms with Crippen LogP contribution >= 0.6 is 0 Å². The van der Waals surface area contributed by atoms with Crippen molar-refractivity contribution < 1.29 is 18.4 Å². The molecule has 1 saturated carbocycles. The SMILES string of the molecule is Cc1noc(CNC(=O)Nc2ccc(F)cc2OC2CCCC2)n1. The third kappa shape index (κ3) is 4.21. The quantitative estimate of drug-likeness (QED) is 0.877. The first-order valence-corrected chi connectivity index (χ1v) is 7.90. The number of carbonyl (C=O) groups is 1. The molecular weight excluding hydrogens is 315 g/mol. The normalized spacial score (nSPS) is 14.6. The van der Waals surface area contributed by atoms with Crippen molar-refractivity contribution in [1.82, 2.24) is 15.5 Å². The van der Waals surface area contributed by atoms with Gasteiger partial charge in [0.2, 0.25) is 5.89 Å². The van der Waals surface area contributed by atoms with Crippen molar-refractivity contribution >= 4 is 11.7 Å². The Kier molecular flexibility index (Phi) is 4.93. The van der Waals surface area contributed by atoms with E-state index in [0.29, 0.717) is 23.2 Å². The minimum atomic E-state index is -0.464. The molecule has 1 aliphatic carbocycles. The first-order valence-electron chi connectivity index (χ1n) is 7.90. The number of nitrogens with one attached hydrogen (secondary N) is 2. The van der Waals surface area contributed by atoms with Crippen molar-refractivity contribution in [3.05, 3.63) is 35.7 Å². The van der Waals surface area contributed by atoms with E-state index in [4.69, 9.17) is 9.26 Å². The number of carbonyl (C=O) groups excluding carboxylic acids is 1. The van der Waals surface area contributed by atoms with Gasteiger partial charge in [0.25, 0.3) is 0 Å². The number of hydrogen-bond acceptors (Lipinski definition) is 5. The number of aromatic nitrogens is 2. The molecule has 0 spiro atoms. The monoisotopic (exact) mass is 334 g/mol. The van der Waals surface area contributed by atoms with Gasteiger partial charge in [0, 0.05) is 6.07 Å². The summed E-state index contributed by atoms with van der Waals surface area (Å²) in [7, 11) is 0. The number of benzene rings is 1. The van der Waals surface area contributed by atoms with Gasteiger partial charge < -0.3 is 19.9 Å². The maximum Gasteiger partial charge on any atom is 0.319 e. The zero-order chi connectivity index (χ0) is 16.9. The highest BCUT2D eigenvalue weighted by atomic mass is 19.1. The Morgan fingerprint density at radius 3 is 2.92 bits per heavy atom. The molecule has 0 bridgehead atoms. The number of amides is 2.